The van der Waals surface area contributed by atoms with Crippen molar-refractivity contribution in [3.05, 3.63) is 0 Å². The van der Waals surface area contributed by atoms with E-state index in [0.717, 1.165) is 12.8 Å². The monoisotopic (exact) mass is 337 g/mol. The van der Waals surface area contributed by atoms with Gasteiger partial charge in [0.25, 0.3) is 0 Å². The van der Waals surface area contributed by atoms with Crippen molar-refractivity contribution in [2.24, 2.45) is 16.7 Å². The lowest BCUT2D eigenvalue weighted by Crippen LogP contribution is -2.43. The number of halogens is 1. The number of nitrogens with one attached hydrogen (secondary N) is 1. The van der Waals surface area contributed by atoms with Crippen LogP contribution in [0.2, 0.25) is 0 Å². The average Bonchev–Trinajstić information content (AvgIpc) is 2.54. The van der Waals surface area contributed by atoms with Gasteiger partial charge in [-0.05, 0) is 24.2 Å². The molecule has 0 aromatic carbocycles. The Bertz CT molecular complexity index is 478. The van der Waals surface area contributed by atoms with Gasteiger partial charge in [-0.15, -0.1) is 0 Å². The highest BCUT2D eigenvalue weighted by molar-refractivity contribution is 9.10. The summed E-state index contributed by atoms with van der Waals surface area (Å²) in [6, 6.07) is 0. The van der Waals surface area contributed by atoms with Crippen LogP contribution in [-0.4, -0.2) is 31.3 Å². The maximum atomic E-state index is 12.3. The Morgan fingerprint density at radius 1 is 1.44 bits per heavy atom. The number of hydrogen-bond donors (Lipinski definition) is 1. The summed E-state index contributed by atoms with van der Waals surface area (Å²) in [4.78, 5) is 12.1. The Morgan fingerprint density at radius 2 is 2.06 bits per heavy atom. The lowest BCUT2D eigenvalue weighted by atomic mass is 9.70. The summed E-state index contributed by atoms with van der Waals surface area (Å²) in [6.45, 7) is 6.05. The van der Waals surface area contributed by atoms with Gasteiger partial charge in [0.15, 0.2) is 5.78 Å². The highest BCUT2D eigenvalue weighted by Gasteiger charge is 2.68. The molecular formula is C12H20BrNO3S. The molecular weight excluding hydrogens is 318 g/mol. The second kappa shape index (κ2) is 4.28. The van der Waals surface area contributed by atoms with Crippen LogP contribution in [0.5, 0.6) is 0 Å². The molecule has 0 radical (unpaired) electrons. The number of ketones is 1. The Balaban J connectivity index is 2.35. The third-order valence-electron chi connectivity index (χ3n) is 5.04. The van der Waals surface area contributed by atoms with Crippen LogP contribution in [-0.2, 0) is 14.8 Å². The van der Waals surface area contributed by atoms with Gasteiger partial charge in [0.05, 0.1) is 10.6 Å². The quantitative estimate of drug-likeness (QED) is 0.794. The fourth-order valence-electron chi connectivity index (χ4n) is 3.75. The zero-order valence-electron chi connectivity index (χ0n) is 11.0. The van der Waals surface area contributed by atoms with Crippen molar-refractivity contribution in [3.63, 3.8) is 0 Å². The number of carbonyl (C=O) groups excluding carboxylic acids is 1. The summed E-state index contributed by atoms with van der Waals surface area (Å²) in [5.74, 6) is 0.347. The van der Waals surface area contributed by atoms with Crippen molar-refractivity contribution < 1.29 is 13.2 Å². The maximum absolute atomic E-state index is 12.3. The summed E-state index contributed by atoms with van der Waals surface area (Å²) in [5, 5.41) is 0. The fraction of sp³-hybridized carbons (Fsp3) is 0.917. The molecule has 2 rings (SSSR count). The molecule has 0 saturated heterocycles. The first kappa shape index (κ1) is 14.5. The minimum Gasteiger partial charge on any atom is -0.298 e. The van der Waals surface area contributed by atoms with Crippen LogP contribution in [0.4, 0.5) is 0 Å². The van der Waals surface area contributed by atoms with E-state index in [2.05, 4.69) is 20.7 Å². The molecule has 2 aliphatic carbocycles. The molecule has 0 aliphatic heterocycles. The van der Waals surface area contributed by atoms with Crippen LogP contribution >= 0.6 is 15.9 Å². The van der Waals surface area contributed by atoms with Crippen molar-refractivity contribution in [3.8, 4) is 0 Å². The lowest BCUT2D eigenvalue weighted by Gasteiger charge is -2.36. The second-order valence-electron chi connectivity index (χ2n) is 5.92. The molecule has 4 nitrogen and oxygen atoms in total. The zero-order valence-corrected chi connectivity index (χ0v) is 13.4. The summed E-state index contributed by atoms with van der Waals surface area (Å²) >= 11 is 3.45. The van der Waals surface area contributed by atoms with E-state index in [0.29, 0.717) is 6.54 Å². The molecule has 0 amide bonds. The number of sulfonamides is 1. The van der Waals surface area contributed by atoms with E-state index in [1.54, 1.807) is 6.92 Å². The van der Waals surface area contributed by atoms with E-state index in [-0.39, 0.29) is 22.3 Å². The number of rotatable bonds is 4. The standard InChI is InChI=1S/C12H20BrNO3S/c1-4-14-18(16,17)7-12(3)8-5-6-11(12,2)10(15)9(8)13/h8-9,14H,4-7H2,1-3H3/t8-,9-,11-,12+/m0/s1. The van der Waals surface area contributed by atoms with Crippen LogP contribution in [0.25, 0.3) is 0 Å². The van der Waals surface area contributed by atoms with Crippen molar-refractivity contribution >= 4 is 31.7 Å². The van der Waals surface area contributed by atoms with Gasteiger partial charge in [0.1, 0.15) is 0 Å². The van der Waals surface area contributed by atoms with Gasteiger partial charge in [-0.1, -0.05) is 36.7 Å². The molecule has 18 heavy (non-hydrogen) atoms. The number of Topliss-reactive ketones (excluding diaryl/α,β-unsaturated/α-hetero) is 1. The molecule has 2 bridgehead atoms. The molecule has 4 atom stereocenters. The smallest absolute Gasteiger partial charge is 0.212 e. The molecule has 2 fully saturated rings. The van der Waals surface area contributed by atoms with Crippen LogP contribution in [0.1, 0.15) is 33.6 Å². The van der Waals surface area contributed by atoms with Gasteiger partial charge >= 0.3 is 0 Å². The number of carbonyl (C=O) groups is 1. The van der Waals surface area contributed by atoms with Gasteiger partial charge in [0, 0.05) is 12.0 Å². The average molecular weight is 338 g/mol. The minimum absolute atomic E-state index is 0.0445. The van der Waals surface area contributed by atoms with Gasteiger partial charge in [-0.2, -0.15) is 0 Å². The molecule has 0 aromatic heterocycles. The first-order valence-electron chi connectivity index (χ1n) is 6.34. The molecule has 0 spiro atoms. The molecule has 104 valence electrons. The highest BCUT2D eigenvalue weighted by Crippen LogP contribution is 2.65. The number of hydrogen-bond acceptors (Lipinski definition) is 3. The third-order valence-corrected chi connectivity index (χ3v) is 7.80. The van der Waals surface area contributed by atoms with Crippen molar-refractivity contribution in [1.82, 2.24) is 4.72 Å². The van der Waals surface area contributed by atoms with E-state index in [9.17, 15) is 13.2 Å². The van der Waals surface area contributed by atoms with E-state index in [1.807, 2.05) is 13.8 Å². The van der Waals surface area contributed by atoms with E-state index in [4.69, 9.17) is 0 Å². The Labute approximate surface area is 117 Å². The van der Waals surface area contributed by atoms with Gasteiger partial charge in [0.2, 0.25) is 10.0 Å². The van der Waals surface area contributed by atoms with Crippen LogP contribution in [0.3, 0.4) is 0 Å². The first-order valence-corrected chi connectivity index (χ1v) is 8.90. The van der Waals surface area contributed by atoms with Gasteiger partial charge in [-0.3, -0.25) is 4.79 Å². The van der Waals surface area contributed by atoms with E-state index in [1.165, 1.54) is 0 Å². The summed E-state index contributed by atoms with van der Waals surface area (Å²) < 4.78 is 26.6. The van der Waals surface area contributed by atoms with E-state index >= 15 is 0 Å². The predicted molar refractivity (Wildman–Crippen MR) is 74.1 cm³/mol. The van der Waals surface area contributed by atoms with Crippen molar-refractivity contribution in [2.75, 3.05) is 12.3 Å². The molecule has 2 aliphatic rings. The van der Waals surface area contributed by atoms with Crippen molar-refractivity contribution in [1.29, 1.82) is 0 Å². The zero-order chi connectivity index (χ0) is 13.8. The fourth-order valence-corrected chi connectivity index (χ4v) is 6.97. The largest absolute Gasteiger partial charge is 0.298 e. The number of fused-ring (bicyclic) bond motifs is 2. The summed E-state index contributed by atoms with van der Waals surface area (Å²) in [5.41, 5.74) is -0.965. The molecule has 2 saturated carbocycles. The summed E-state index contributed by atoms with van der Waals surface area (Å²) in [6.07, 6.45) is 1.73. The third kappa shape index (κ3) is 1.79. The molecule has 1 N–H and O–H groups in total. The summed E-state index contributed by atoms with van der Waals surface area (Å²) in [7, 11) is -3.31. The SMILES string of the molecule is CCNS(=O)(=O)C[C@]1(C)[C@H]2CC[C@@]1(C)C(=O)[C@H]2Br. The molecule has 0 aromatic rings. The number of alkyl halides is 1. The maximum Gasteiger partial charge on any atom is 0.212 e. The topological polar surface area (TPSA) is 63.2 Å². The van der Waals surface area contributed by atoms with Crippen LogP contribution in [0.15, 0.2) is 0 Å². The minimum atomic E-state index is -3.31. The second-order valence-corrected chi connectivity index (χ2v) is 8.71. The van der Waals surface area contributed by atoms with E-state index < -0.39 is 20.9 Å². The Kier molecular flexibility index (Phi) is 3.44. The van der Waals surface area contributed by atoms with Gasteiger partial charge < -0.3 is 0 Å². The normalized spacial score (nSPS) is 43.7. The molecule has 0 heterocycles. The van der Waals surface area contributed by atoms with Crippen LogP contribution in [0, 0.1) is 16.7 Å². The molecule has 6 heteroatoms. The Morgan fingerprint density at radius 3 is 2.50 bits per heavy atom. The first-order chi connectivity index (χ1) is 8.18. The lowest BCUT2D eigenvalue weighted by molar-refractivity contribution is -0.127. The van der Waals surface area contributed by atoms with Gasteiger partial charge in [-0.25, -0.2) is 13.1 Å². The Hall–Kier alpha value is 0.0600. The van der Waals surface area contributed by atoms with Crippen molar-refractivity contribution in [2.45, 2.75) is 38.4 Å². The highest BCUT2D eigenvalue weighted by atomic mass is 79.9. The predicted octanol–water partition coefficient (Wildman–Crippen LogP) is 1.69. The van der Waals surface area contributed by atoms with Crippen LogP contribution < -0.4 is 4.72 Å². The molecule has 0 unspecified atom stereocenters.